The van der Waals surface area contributed by atoms with Crippen LogP contribution in [-0.4, -0.2) is 19.7 Å². The number of esters is 1. The molecule has 1 unspecified atom stereocenters. The Bertz CT molecular complexity index is 1620. The first kappa shape index (κ1) is 27.2. The van der Waals surface area contributed by atoms with Crippen molar-refractivity contribution in [2.75, 3.05) is 13.7 Å². The van der Waals surface area contributed by atoms with Gasteiger partial charge in [-0.2, -0.15) is 5.26 Å². The predicted molar refractivity (Wildman–Crippen MR) is 152 cm³/mol. The summed E-state index contributed by atoms with van der Waals surface area (Å²) < 4.78 is 27.9. The average Bonchev–Trinajstić information content (AvgIpc) is 2.99. The quantitative estimate of drug-likeness (QED) is 0.207. The third-order valence-electron chi connectivity index (χ3n) is 6.58. The van der Waals surface area contributed by atoms with Crippen LogP contribution in [0.25, 0.3) is 0 Å². The third-order valence-corrected chi connectivity index (χ3v) is 6.58. The number of rotatable bonds is 9. The van der Waals surface area contributed by atoms with Crippen molar-refractivity contribution in [1.29, 1.82) is 5.26 Å². The van der Waals surface area contributed by atoms with Gasteiger partial charge >= 0.3 is 5.97 Å². The number of ether oxygens (including phenoxy) is 5. The normalized spacial score (nSPS) is 13.8. The minimum atomic E-state index is -0.606. The van der Waals surface area contributed by atoms with Crippen molar-refractivity contribution in [2.24, 2.45) is 5.73 Å². The maximum absolute atomic E-state index is 12.5. The van der Waals surface area contributed by atoms with Crippen molar-refractivity contribution >= 4 is 5.97 Å². The molecule has 0 radical (unpaired) electrons. The van der Waals surface area contributed by atoms with Gasteiger partial charge < -0.3 is 29.4 Å². The average molecular weight is 549 g/mol. The lowest BCUT2D eigenvalue weighted by Crippen LogP contribution is -2.21. The predicted octanol–water partition coefficient (Wildman–Crippen LogP) is 5.79. The molecule has 0 spiro atoms. The monoisotopic (exact) mass is 548 g/mol. The van der Waals surface area contributed by atoms with Crippen LogP contribution in [-0.2, 0) is 11.4 Å². The number of methoxy groups -OCH3 is 1. The van der Waals surface area contributed by atoms with Crippen LogP contribution in [0.3, 0.4) is 0 Å². The van der Waals surface area contributed by atoms with Crippen LogP contribution in [0, 0.1) is 18.3 Å². The molecule has 0 aromatic heterocycles. The zero-order chi connectivity index (χ0) is 28.8. The van der Waals surface area contributed by atoms with Gasteiger partial charge in [-0.1, -0.05) is 60.2 Å². The summed E-state index contributed by atoms with van der Waals surface area (Å²) in [7, 11) is 1.52. The molecule has 1 atom stereocenters. The highest BCUT2D eigenvalue weighted by atomic mass is 16.6. The Balaban J connectivity index is 1.30. The summed E-state index contributed by atoms with van der Waals surface area (Å²) in [4.78, 5) is 12.5. The highest BCUT2D eigenvalue weighted by Gasteiger charge is 2.31. The molecule has 8 heteroatoms. The summed E-state index contributed by atoms with van der Waals surface area (Å²) >= 11 is 0. The fourth-order valence-electron chi connectivity index (χ4n) is 4.49. The van der Waals surface area contributed by atoms with Gasteiger partial charge in [-0.25, -0.2) is 4.79 Å². The molecule has 206 valence electrons. The van der Waals surface area contributed by atoms with Gasteiger partial charge in [-0.15, -0.1) is 0 Å². The van der Waals surface area contributed by atoms with Crippen molar-refractivity contribution in [2.45, 2.75) is 19.4 Å². The van der Waals surface area contributed by atoms with Crippen molar-refractivity contribution in [3.05, 3.63) is 125 Å². The van der Waals surface area contributed by atoms with Crippen LogP contribution in [0.4, 0.5) is 0 Å². The van der Waals surface area contributed by atoms with Gasteiger partial charge in [0.2, 0.25) is 5.88 Å². The van der Waals surface area contributed by atoms with Crippen LogP contribution in [0.15, 0.2) is 102 Å². The number of nitrogens with zero attached hydrogens (tertiary/aromatic N) is 1. The molecule has 0 fully saturated rings. The lowest BCUT2D eigenvalue weighted by atomic mass is 9.83. The SMILES string of the molecule is COc1ccccc1OCC(=O)Oc1ccc2c(c1)OC(N)=C(C#N)C2c1ccc(OCc2ccc(C)cc2)cc1. The fourth-order valence-corrected chi connectivity index (χ4v) is 4.49. The van der Waals surface area contributed by atoms with Crippen molar-refractivity contribution in [3.8, 4) is 34.8 Å². The van der Waals surface area contributed by atoms with Crippen molar-refractivity contribution in [1.82, 2.24) is 0 Å². The molecule has 4 aromatic carbocycles. The van der Waals surface area contributed by atoms with Gasteiger partial charge in [-0.05, 0) is 48.4 Å². The molecule has 8 nitrogen and oxygen atoms in total. The Morgan fingerprint density at radius 3 is 2.34 bits per heavy atom. The van der Waals surface area contributed by atoms with E-state index in [0.717, 1.165) is 11.1 Å². The zero-order valence-electron chi connectivity index (χ0n) is 22.6. The Morgan fingerprint density at radius 1 is 0.927 bits per heavy atom. The van der Waals surface area contributed by atoms with E-state index in [9.17, 15) is 10.1 Å². The summed E-state index contributed by atoms with van der Waals surface area (Å²) in [6.07, 6.45) is 0. The first-order valence-corrected chi connectivity index (χ1v) is 12.9. The van der Waals surface area contributed by atoms with Gasteiger partial charge in [0.15, 0.2) is 18.1 Å². The second kappa shape index (κ2) is 12.2. The van der Waals surface area contributed by atoms with E-state index in [2.05, 4.69) is 6.07 Å². The molecule has 0 aliphatic carbocycles. The Labute approximate surface area is 238 Å². The number of benzene rings is 4. The molecule has 2 N–H and O–H groups in total. The molecule has 1 heterocycles. The molecule has 5 rings (SSSR count). The number of allylic oxidation sites excluding steroid dienone is 1. The molecule has 1 aliphatic rings. The summed E-state index contributed by atoms with van der Waals surface area (Å²) in [5.41, 5.74) is 10.3. The molecule has 0 bridgehead atoms. The minimum Gasteiger partial charge on any atom is -0.493 e. The molecule has 0 saturated heterocycles. The number of nitriles is 1. The van der Waals surface area contributed by atoms with Gasteiger partial charge in [-0.3, -0.25) is 0 Å². The number of aryl methyl sites for hydroxylation is 1. The Hall–Kier alpha value is -5.42. The van der Waals surface area contributed by atoms with Gasteiger partial charge in [0.25, 0.3) is 0 Å². The zero-order valence-corrected chi connectivity index (χ0v) is 22.6. The summed E-state index contributed by atoms with van der Waals surface area (Å²) in [6.45, 7) is 2.17. The van der Waals surface area contributed by atoms with Gasteiger partial charge in [0, 0.05) is 11.6 Å². The van der Waals surface area contributed by atoms with Crippen LogP contribution in [0.5, 0.6) is 28.7 Å². The largest absolute Gasteiger partial charge is 0.493 e. The van der Waals surface area contributed by atoms with Crippen LogP contribution >= 0.6 is 0 Å². The molecule has 0 amide bonds. The number of hydrogen-bond donors (Lipinski definition) is 1. The lowest BCUT2D eigenvalue weighted by molar-refractivity contribution is -0.136. The van der Waals surface area contributed by atoms with Crippen LogP contribution in [0.2, 0.25) is 0 Å². The van der Waals surface area contributed by atoms with Gasteiger partial charge in [0.05, 0.1) is 13.0 Å². The molecule has 0 saturated carbocycles. The second-order valence-corrected chi connectivity index (χ2v) is 9.38. The fraction of sp³-hybridized carbons (Fsp3) is 0.152. The number of fused-ring (bicyclic) bond motifs is 1. The summed E-state index contributed by atoms with van der Waals surface area (Å²) in [5, 5.41) is 9.88. The Morgan fingerprint density at radius 2 is 1.63 bits per heavy atom. The number of nitrogens with two attached hydrogens (primary N) is 1. The van der Waals surface area contributed by atoms with E-state index in [4.69, 9.17) is 29.4 Å². The van der Waals surface area contributed by atoms with Crippen LogP contribution < -0.4 is 29.4 Å². The first-order valence-electron chi connectivity index (χ1n) is 12.9. The summed E-state index contributed by atoms with van der Waals surface area (Å²) in [6, 6.07) is 29.9. The highest BCUT2D eigenvalue weighted by molar-refractivity contribution is 5.74. The van der Waals surface area contributed by atoms with E-state index in [1.165, 1.54) is 12.7 Å². The molecular formula is C33H28N2O6. The number of carbonyl (C=O) groups excluding carboxylic acids is 1. The Kier molecular flexibility index (Phi) is 8.07. The molecular weight excluding hydrogens is 520 g/mol. The topological polar surface area (TPSA) is 113 Å². The molecule has 41 heavy (non-hydrogen) atoms. The second-order valence-electron chi connectivity index (χ2n) is 9.38. The number of carbonyl (C=O) groups is 1. The lowest BCUT2D eigenvalue weighted by Gasteiger charge is -2.26. The number of para-hydroxylation sites is 2. The molecule has 4 aromatic rings. The van der Waals surface area contributed by atoms with Crippen molar-refractivity contribution < 1.29 is 28.5 Å². The first-order chi connectivity index (χ1) is 19.9. The summed E-state index contributed by atoms with van der Waals surface area (Å²) in [5.74, 6) is 1.21. The van der Waals surface area contributed by atoms with E-state index < -0.39 is 11.9 Å². The molecule has 1 aliphatic heterocycles. The maximum atomic E-state index is 12.5. The smallest absolute Gasteiger partial charge is 0.349 e. The highest BCUT2D eigenvalue weighted by Crippen LogP contribution is 2.43. The van der Waals surface area contributed by atoms with E-state index in [0.29, 0.717) is 40.7 Å². The van der Waals surface area contributed by atoms with Crippen molar-refractivity contribution in [3.63, 3.8) is 0 Å². The maximum Gasteiger partial charge on any atom is 0.349 e. The van der Waals surface area contributed by atoms with E-state index in [-0.39, 0.29) is 18.2 Å². The minimum absolute atomic E-state index is 0.00678. The van der Waals surface area contributed by atoms with Gasteiger partial charge in [0.1, 0.15) is 35.5 Å². The number of hydrogen-bond acceptors (Lipinski definition) is 8. The van der Waals surface area contributed by atoms with E-state index >= 15 is 0 Å². The van der Waals surface area contributed by atoms with E-state index in [1.807, 2.05) is 55.5 Å². The van der Waals surface area contributed by atoms with E-state index in [1.54, 1.807) is 42.5 Å². The van der Waals surface area contributed by atoms with Crippen LogP contribution in [0.1, 0.15) is 28.2 Å². The standard InChI is InChI=1S/C33H28N2O6/c1-21-7-9-22(10-8-21)19-38-24-13-11-23(12-14-24)32-26-16-15-25(17-30(26)41-33(35)27(32)18-34)40-31(36)20-39-29-6-4-3-5-28(29)37-2/h3-17,32H,19-20,35H2,1-2H3. The third kappa shape index (κ3) is 6.26.